The fraction of sp³-hybridized carbons (Fsp3) is 0.935. The molecular formula is C31H51NO4. The Hall–Kier alpha value is -0.460. The number of likely N-dealkylation sites (tertiary alicyclic amines) is 1. The Balaban J connectivity index is 1.07. The van der Waals surface area contributed by atoms with Crippen molar-refractivity contribution >= 4 is 0 Å². The summed E-state index contributed by atoms with van der Waals surface area (Å²) in [5.41, 5.74) is -0.184. The summed E-state index contributed by atoms with van der Waals surface area (Å²) in [7, 11) is 0. The summed E-state index contributed by atoms with van der Waals surface area (Å²) in [5.74, 6) is 2.30. The van der Waals surface area contributed by atoms with E-state index in [1.165, 1.54) is 77.4 Å². The third kappa shape index (κ3) is 4.43. The highest BCUT2D eigenvalue weighted by atomic mass is 16.7. The molecule has 2 saturated heterocycles. The Bertz CT molecular complexity index is 791. The zero-order valence-electron chi connectivity index (χ0n) is 23.0. The maximum Gasteiger partial charge on any atom is 0.177 e. The molecule has 0 aromatic carbocycles. The molecule has 4 saturated carbocycles. The molecule has 0 amide bonds. The molecule has 0 aromatic heterocycles. The molecular weight excluding hydrogens is 450 g/mol. The number of ether oxygens (including phenoxy) is 3. The Morgan fingerprint density at radius 2 is 1.72 bits per heavy atom. The summed E-state index contributed by atoms with van der Waals surface area (Å²) < 4.78 is 17.7. The zero-order valence-corrected chi connectivity index (χ0v) is 23.0. The summed E-state index contributed by atoms with van der Waals surface area (Å²) in [5, 5.41) is 12.4. The van der Waals surface area contributed by atoms with Crippen LogP contribution in [0.2, 0.25) is 0 Å². The molecule has 5 nitrogen and oxygen atoms in total. The van der Waals surface area contributed by atoms with Crippen LogP contribution in [0.5, 0.6) is 0 Å². The van der Waals surface area contributed by atoms with Gasteiger partial charge in [0, 0.05) is 18.6 Å². The number of fused-ring (bicyclic) bond motifs is 5. The van der Waals surface area contributed by atoms with E-state index in [-0.39, 0.29) is 11.7 Å². The van der Waals surface area contributed by atoms with E-state index in [0.29, 0.717) is 42.5 Å². The number of allylic oxidation sites excluding steroid dienone is 1. The lowest BCUT2D eigenvalue weighted by Crippen LogP contribution is -2.62. The molecule has 8 atom stereocenters. The lowest BCUT2D eigenvalue weighted by atomic mass is 9.43. The normalized spacial score (nSPS) is 47.8. The van der Waals surface area contributed by atoms with Gasteiger partial charge in [-0.25, -0.2) is 0 Å². The summed E-state index contributed by atoms with van der Waals surface area (Å²) in [6, 6.07) is 0. The fourth-order valence-electron chi connectivity index (χ4n) is 9.94. The fourth-order valence-corrected chi connectivity index (χ4v) is 9.94. The summed E-state index contributed by atoms with van der Waals surface area (Å²) in [6.45, 7) is 11.1. The van der Waals surface area contributed by atoms with Crippen molar-refractivity contribution in [3.63, 3.8) is 0 Å². The van der Waals surface area contributed by atoms with E-state index in [1.54, 1.807) is 0 Å². The summed E-state index contributed by atoms with van der Waals surface area (Å²) in [6.07, 6.45) is 19.3. The molecule has 204 valence electrons. The van der Waals surface area contributed by atoms with Gasteiger partial charge in [0.05, 0.1) is 24.9 Å². The van der Waals surface area contributed by atoms with E-state index >= 15 is 0 Å². The first-order chi connectivity index (χ1) is 17.4. The van der Waals surface area contributed by atoms with Gasteiger partial charge in [0.1, 0.15) is 0 Å². The van der Waals surface area contributed by atoms with Gasteiger partial charge >= 0.3 is 0 Å². The SMILES string of the molecule is C[C@]12CCC(OCCCN3CCCC3)CC1CC[C@@H]1[C@@H]2CC[C@]2(C)[C@@H](/C=C/C3OCCO3)CC[C@@]12O. The number of nitrogens with zero attached hydrogens (tertiary/aromatic N) is 1. The van der Waals surface area contributed by atoms with Gasteiger partial charge in [-0.3, -0.25) is 0 Å². The van der Waals surface area contributed by atoms with Crippen molar-refractivity contribution in [2.45, 2.75) is 109 Å². The van der Waals surface area contributed by atoms with Crippen molar-refractivity contribution in [3.05, 3.63) is 12.2 Å². The number of hydrogen-bond acceptors (Lipinski definition) is 5. The van der Waals surface area contributed by atoms with Crippen molar-refractivity contribution in [3.8, 4) is 0 Å². The standard InChI is InChI=1S/C31H51NO4/c1-29-13-11-25(34-19-5-18-32-16-3-4-17-32)22-24(29)6-8-27-26(29)12-14-30(2)23(10-15-31(27,30)33)7-9-28-35-20-21-36-28/h7,9,23-28,33H,3-6,8,10-22H2,1-2H3/b9-7+/t23-,24?,25?,26-,27+,29-,30+,31+/m0/s1. The highest BCUT2D eigenvalue weighted by molar-refractivity contribution is 5.19. The highest BCUT2D eigenvalue weighted by Gasteiger charge is 2.66. The number of aliphatic hydroxyl groups is 1. The predicted molar refractivity (Wildman–Crippen MR) is 142 cm³/mol. The van der Waals surface area contributed by atoms with Crippen molar-refractivity contribution < 1.29 is 19.3 Å². The summed E-state index contributed by atoms with van der Waals surface area (Å²) >= 11 is 0. The quantitative estimate of drug-likeness (QED) is 0.366. The van der Waals surface area contributed by atoms with Crippen molar-refractivity contribution in [2.24, 2.45) is 34.5 Å². The van der Waals surface area contributed by atoms with E-state index in [0.717, 1.165) is 31.8 Å². The van der Waals surface area contributed by atoms with Crippen molar-refractivity contribution in [1.29, 1.82) is 0 Å². The zero-order chi connectivity index (χ0) is 24.8. The maximum atomic E-state index is 12.4. The molecule has 1 N–H and O–H groups in total. The Kier molecular flexibility index (Phi) is 7.35. The minimum atomic E-state index is -0.529. The Morgan fingerprint density at radius 3 is 2.53 bits per heavy atom. The van der Waals surface area contributed by atoms with Crippen LogP contribution in [-0.4, -0.2) is 67.5 Å². The lowest BCUT2D eigenvalue weighted by Gasteiger charge is -2.63. The minimum Gasteiger partial charge on any atom is -0.389 e. The summed E-state index contributed by atoms with van der Waals surface area (Å²) in [4.78, 5) is 2.60. The van der Waals surface area contributed by atoms with Crippen LogP contribution in [0, 0.1) is 34.5 Å². The average molecular weight is 502 g/mol. The number of rotatable bonds is 7. The molecule has 2 unspecified atom stereocenters. The minimum absolute atomic E-state index is 0.0257. The molecule has 0 aromatic rings. The lowest BCUT2D eigenvalue weighted by molar-refractivity contribution is -0.209. The first-order valence-corrected chi connectivity index (χ1v) is 15.4. The average Bonchev–Trinajstić information content (AvgIpc) is 3.62. The van der Waals surface area contributed by atoms with Crippen LogP contribution < -0.4 is 0 Å². The van der Waals surface area contributed by atoms with Gasteiger partial charge in [-0.05, 0) is 125 Å². The van der Waals surface area contributed by atoms with E-state index in [9.17, 15) is 5.11 Å². The molecule has 36 heavy (non-hydrogen) atoms. The van der Waals surface area contributed by atoms with Crippen LogP contribution in [0.1, 0.15) is 90.9 Å². The van der Waals surface area contributed by atoms with Crippen LogP contribution in [-0.2, 0) is 14.2 Å². The smallest absolute Gasteiger partial charge is 0.177 e. The highest BCUT2D eigenvalue weighted by Crippen LogP contribution is 2.69. The second-order valence-corrected chi connectivity index (χ2v) is 13.7. The van der Waals surface area contributed by atoms with Crippen LogP contribution >= 0.6 is 0 Å². The molecule has 0 radical (unpaired) electrons. The molecule has 6 rings (SSSR count). The molecule has 5 heteroatoms. The molecule has 2 heterocycles. The van der Waals surface area contributed by atoms with Gasteiger partial charge in [0.15, 0.2) is 6.29 Å². The van der Waals surface area contributed by atoms with Gasteiger partial charge in [0.2, 0.25) is 0 Å². The van der Waals surface area contributed by atoms with Crippen molar-refractivity contribution in [1.82, 2.24) is 4.90 Å². The van der Waals surface area contributed by atoms with Gasteiger partial charge in [-0.2, -0.15) is 0 Å². The first kappa shape index (κ1) is 25.8. The third-order valence-electron chi connectivity index (χ3n) is 12.2. The van der Waals surface area contributed by atoms with Gasteiger partial charge < -0.3 is 24.2 Å². The van der Waals surface area contributed by atoms with Crippen LogP contribution in [0.4, 0.5) is 0 Å². The topological polar surface area (TPSA) is 51.2 Å². The molecule has 0 spiro atoms. The van der Waals surface area contributed by atoms with Crippen LogP contribution in [0.15, 0.2) is 12.2 Å². The van der Waals surface area contributed by atoms with Crippen molar-refractivity contribution in [2.75, 3.05) is 39.5 Å². The monoisotopic (exact) mass is 501 g/mol. The predicted octanol–water partition coefficient (Wildman–Crippen LogP) is 5.56. The van der Waals surface area contributed by atoms with Crippen LogP contribution in [0.3, 0.4) is 0 Å². The van der Waals surface area contributed by atoms with E-state index < -0.39 is 5.60 Å². The third-order valence-corrected chi connectivity index (χ3v) is 12.2. The molecule has 6 aliphatic rings. The molecule has 0 bridgehead atoms. The van der Waals surface area contributed by atoms with E-state index in [1.807, 2.05) is 0 Å². The molecule has 2 aliphatic heterocycles. The van der Waals surface area contributed by atoms with Gasteiger partial charge in [-0.15, -0.1) is 0 Å². The van der Waals surface area contributed by atoms with Gasteiger partial charge in [-0.1, -0.05) is 19.9 Å². The first-order valence-electron chi connectivity index (χ1n) is 15.4. The van der Waals surface area contributed by atoms with Gasteiger partial charge in [0.25, 0.3) is 0 Å². The molecule has 6 fully saturated rings. The Labute approximate surface area is 219 Å². The molecule has 4 aliphatic carbocycles. The van der Waals surface area contributed by atoms with E-state index in [2.05, 4.69) is 30.9 Å². The Morgan fingerprint density at radius 1 is 0.917 bits per heavy atom. The van der Waals surface area contributed by atoms with Crippen LogP contribution in [0.25, 0.3) is 0 Å². The second kappa shape index (κ2) is 10.3. The number of hydrogen-bond donors (Lipinski definition) is 1. The maximum absolute atomic E-state index is 12.4. The van der Waals surface area contributed by atoms with E-state index in [4.69, 9.17) is 14.2 Å². The second-order valence-electron chi connectivity index (χ2n) is 13.7. The largest absolute Gasteiger partial charge is 0.389 e.